The number of nitrogens with zero attached hydrogens (tertiary/aromatic N) is 6. The normalized spacial score (nSPS) is 12.7. The van der Waals surface area contributed by atoms with Gasteiger partial charge in [0.25, 0.3) is 0 Å². The van der Waals surface area contributed by atoms with Gasteiger partial charge in [-0.1, -0.05) is 31.0 Å². The Balaban J connectivity index is 1.73. The quantitative estimate of drug-likeness (QED) is 0.254. The highest BCUT2D eigenvalue weighted by atomic mass is 16.5. The number of nitrogens with one attached hydrogen (secondary N) is 2. The van der Waals surface area contributed by atoms with Crippen LogP contribution < -0.4 is 15.8 Å². The number of ether oxygens (including phenoxy) is 1. The molecule has 0 aliphatic heterocycles. The molecule has 11 heteroatoms. The Hall–Kier alpha value is -3.73. The predicted octanol–water partition coefficient (Wildman–Crippen LogP) is 2.87. The lowest BCUT2D eigenvalue weighted by Gasteiger charge is -2.23. The topological polar surface area (TPSA) is 153 Å². The zero-order chi connectivity index (χ0) is 25.0. The SMILES string of the molecule is CCCCC(CO)Nc1nc(N)nc2ccn(Cc3cc(C(C)(C)c4nn[nH]n4)ccc3OC)c12. The number of benzene rings is 1. The van der Waals surface area contributed by atoms with Crippen LogP contribution in [0, 0.1) is 0 Å². The van der Waals surface area contributed by atoms with E-state index in [4.69, 9.17) is 10.5 Å². The first-order valence-corrected chi connectivity index (χ1v) is 11.8. The van der Waals surface area contributed by atoms with Crippen LogP contribution in [-0.4, -0.2) is 60.0 Å². The van der Waals surface area contributed by atoms with Crippen molar-refractivity contribution < 1.29 is 9.84 Å². The number of nitrogen functional groups attached to an aromatic ring is 1. The molecule has 0 saturated heterocycles. The van der Waals surface area contributed by atoms with E-state index in [0.29, 0.717) is 18.2 Å². The third-order valence-electron chi connectivity index (χ3n) is 6.34. The standard InChI is InChI=1S/C24H33N9O2/c1-5-6-7-17(14-34)26-21-20-18(27-23(25)28-21)10-11-33(20)13-15-12-16(8-9-19(15)35-4)24(2,3)22-29-31-32-30-22/h8-12,17,34H,5-7,13-14H2,1-4H3,(H3,25,26,27,28)(H,29,30,31,32). The number of fused-ring (bicyclic) bond motifs is 1. The number of methoxy groups -OCH3 is 1. The van der Waals surface area contributed by atoms with Gasteiger partial charge in [-0.05, 0) is 44.0 Å². The molecule has 1 unspecified atom stereocenters. The number of aromatic nitrogens is 7. The molecule has 1 atom stereocenters. The summed E-state index contributed by atoms with van der Waals surface area (Å²) in [6.07, 6.45) is 4.84. The van der Waals surface area contributed by atoms with Crippen LogP contribution in [0.2, 0.25) is 0 Å². The number of hydrogen-bond acceptors (Lipinski definition) is 9. The second kappa shape index (κ2) is 10.3. The Bertz CT molecular complexity index is 1270. The monoisotopic (exact) mass is 479 g/mol. The van der Waals surface area contributed by atoms with E-state index < -0.39 is 5.41 Å². The van der Waals surface area contributed by atoms with Crippen LogP contribution in [-0.2, 0) is 12.0 Å². The maximum atomic E-state index is 9.89. The number of nitrogens with two attached hydrogens (primary N) is 1. The minimum atomic E-state index is -0.454. The summed E-state index contributed by atoms with van der Waals surface area (Å²) >= 11 is 0. The van der Waals surface area contributed by atoms with Gasteiger partial charge in [-0.3, -0.25) is 0 Å². The Morgan fingerprint density at radius 3 is 2.77 bits per heavy atom. The molecular weight excluding hydrogens is 446 g/mol. The molecule has 0 fully saturated rings. The smallest absolute Gasteiger partial charge is 0.222 e. The molecule has 0 spiro atoms. The zero-order valence-corrected chi connectivity index (χ0v) is 20.6. The summed E-state index contributed by atoms with van der Waals surface area (Å²) in [4.78, 5) is 8.88. The highest BCUT2D eigenvalue weighted by molar-refractivity contribution is 5.87. The number of aromatic amines is 1. The summed E-state index contributed by atoms with van der Waals surface area (Å²) in [5.74, 6) is 2.17. The Morgan fingerprint density at radius 2 is 2.09 bits per heavy atom. The Labute approximate surface area is 204 Å². The van der Waals surface area contributed by atoms with E-state index >= 15 is 0 Å². The lowest BCUT2D eigenvalue weighted by molar-refractivity contribution is 0.267. The number of hydrogen-bond donors (Lipinski definition) is 4. The van der Waals surface area contributed by atoms with Crippen LogP contribution in [0.25, 0.3) is 11.0 Å². The number of aliphatic hydroxyl groups excluding tert-OH is 1. The first kappa shape index (κ1) is 24.4. The number of rotatable bonds is 11. The first-order chi connectivity index (χ1) is 16.9. The van der Waals surface area contributed by atoms with E-state index in [1.165, 1.54) is 0 Å². The van der Waals surface area contributed by atoms with Crippen molar-refractivity contribution in [3.8, 4) is 5.75 Å². The van der Waals surface area contributed by atoms with Gasteiger partial charge >= 0.3 is 0 Å². The predicted molar refractivity (Wildman–Crippen MR) is 134 cm³/mol. The van der Waals surface area contributed by atoms with Gasteiger partial charge < -0.3 is 25.5 Å². The van der Waals surface area contributed by atoms with Crippen molar-refractivity contribution in [3.05, 3.63) is 47.4 Å². The van der Waals surface area contributed by atoms with E-state index in [1.807, 2.05) is 24.4 Å². The average molecular weight is 480 g/mol. The van der Waals surface area contributed by atoms with Crippen LogP contribution in [0.15, 0.2) is 30.5 Å². The van der Waals surface area contributed by atoms with Crippen molar-refractivity contribution in [2.45, 2.75) is 58.0 Å². The van der Waals surface area contributed by atoms with Crippen molar-refractivity contribution in [2.24, 2.45) is 0 Å². The summed E-state index contributed by atoms with van der Waals surface area (Å²) in [5.41, 5.74) is 9.10. The Morgan fingerprint density at radius 1 is 1.26 bits per heavy atom. The summed E-state index contributed by atoms with van der Waals surface area (Å²) < 4.78 is 7.74. The number of aliphatic hydroxyl groups is 1. The second-order valence-electron chi connectivity index (χ2n) is 9.16. The van der Waals surface area contributed by atoms with E-state index in [2.05, 4.69) is 67.3 Å². The van der Waals surface area contributed by atoms with Gasteiger partial charge in [0, 0.05) is 11.8 Å². The van der Waals surface area contributed by atoms with Crippen molar-refractivity contribution in [1.82, 2.24) is 35.2 Å². The van der Waals surface area contributed by atoms with Gasteiger partial charge in [0.2, 0.25) is 5.95 Å². The molecule has 4 aromatic rings. The van der Waals surface area contributed by atoms with Crippen LogP contribution >= 0.6 is 0 Å². The molecule has 35 heavy (non-hydrogen) atoms. The third kappa shape index (κ3) is 5.04. The van der Waals surface area contributed by atoms with E-state index in [1.54, 1.807) is 7.11 Å². The van der Waals surface area contributed by atoms with Crippen molar-refractivity contribution in [2.75, 3.05) is 24.8 Å². The highest BCUT2D eigenvalue weighted by Gasteiger charge is 2.29. The van der Waals surface area contributed by atoms with Crippen LogP contribution in [0.3, 0.4) is 0 Å². The molecule has 5 N–H and O–H groups in total. The number of anilines is 2. The summed E-state index contributed by atoms with van der Waals surface area (Å²) in [6, 6.07) is 7.87. The minimum Gasteiger partial charge on any atom is -0.496 e. The fourth-order valence-electron chi connectivity index (χ4n) is 4.24. The van der Waals surface area contributed by atoms with Crippen LogP contribution in [0.5, 0.6) is 5.75 Å². The molecular formula is C24H33N9O2. The molecule has 0 aliphatic carbocycles. The van der Waals surface area contributed by atoms with E-state index in [0.717, 1.165) is 47.2 Å². The third-order valence-corrected chi connectivity index (χ3v) is 6.34. The summed E-state index contributed by atoms with van der Waals surface area (Å²) in [7, 11) is 1.66. The largest absolute Gasteiger partial charge is 0.496 e. The van der Waals surface area contributed by atoms with E-state index in [9.17, 15) is 5.11 Å². The minimum absolute atomic E-state index is 0.00709. The fourth-order valence-corrected chi connectivity index (χ4v) is 4.24. The van der Waals surface area contributed by atoms with Gasteiger partial charge in [0.15, 0.2) is 11.6 Å². The van der Waals surface area contributed by atoms with Gasteiger partial charge in [-0.15, -0.1) is 10.2 Å². The number of tetrazole rings is 1. The van der Waals surface area contributed by atoms with E-state index in [-0.39, 0.29) is 18.6 Å². The molecule has 1 aromatic carbocycles. The maximum absolute atomic E-state index is 9.89. The van der Waals surface area contributed by atoms with Gasteiger partial charge in [-0.2, -0.15) is 10.2 Å². The fraction of sp³-hybridized carbons (Fsp3) is 0.458. The summed E-state index contributed by atoms with van der Waals surface area (Å²) in [5, 5.41) is 27.9. The maximum Gasteiger partial charge on any atom is 0.222 e. The molecule has 3 aromatic heterocycles. The molecule has 4 rings (SSSR count). The lowest BCUT2D eigenvalue weighted by Crippen LogP contribution is -2.25. The summed E-state index contributed by atoms with van der Waals surface area (Å²) in [6.45, 7) is 6.76. The van der Waals surface area contributed by atoms with Gasteiger partial charge in [0.05, 0.1) is 37.2 Å². The Kier molecular flexibility index (Phi) is 7.15. The zero-order valence-electron chi connectivity index (χ0n) is 20.6. The molecule has 0 bridgehead atoms. The van der Waals surface area contributed by atoms with Gasteiger partial charge in [-0.25, -0.2) is 4.98 Å². The first-order valence-electron chi connectivity index (χ1n) is 11.8. The number of H-pyrrole nitrogens is 1. The lowest BCUT2D eigenvalue weighted by atomic mass is 9.83. The molecule has 11 nitrogen and oxygen atoms in total. The molecule has 186 valence electrons. The van der Waals surface area contributed by atoms with Crippen LogP contribution in [0.1, 0.15) is 57.0 Å². The molecule has 0 radical (unpaired) electrons. The molecule has 0 aliphatic rings. The van der Waals surface area contributed by atoms with Crippen molar-refractivity contribution in [3.63, 3.8) is 0 Å². The number of unbranched alkanes of at least 4 members (excludes halogenated alkanes) is 1. The second-order valence-corrected chi connectivity index (χ2v) is 9.16. The molecule has 0 amide bonds. The van der Waals surface area contributed by atoms with Crippen molar-refractivity contribution >= 4 is 22.8 Å². The molecule has 3 heterocycles. The molecule has 0 saturated carbocycles. The van der Waals surface area contributed by atoms with Gasteiger partial charge in [0.1, 0.15) is 11.3 Å². The highest BCUT2D eigenvalue weighted by Crippen LogP contribution is 2.33. The van der Waals surface area contributed by atoms with Crippen molar-refractivity contribution in [1.29, 1.82) is 0 Å². The average Bonchev–Trinajstić information content (AvgIpc) is 3.53. The van der Waals surface area contributed by atoms with Crippen LogP contribution in [0.4, 0.5) is 11.8 Å².